The van der Waals surface area contributed by atoms with Gasteiger partial charge in [0.25, 0.3) is 5.91 Å². The van der Waals surface area contributed by atoms with Crippen LogP contribution in [-0.2, 0) is 4.79 Å². The van der Waals surface area contributed by atoms with Crippen molar-refractivity contribution in [2.75, 3.05) is 26.2 Å². The van der Waals surface area contributed by atoms with E-state index < -0.39 is 0 Å². The summed E-state index contributed by atoms with van der Waals surface area (Å²) in [5.74, 6) is 0.173. The van der Waals surface area contributed by atoms with E-state index in [0.29, 0.717) is 26.2 Å². The first kappa shape index (κ1) is 17.5. The van der Waals surface area contributed by atoms with Crippen LogP contribution >= 0.6 is 11.8 Å². The van der Waals surface area contributed by atoms with Crippen molar-refractivity contribution in [2.45, 2.75) is 24.0 Å². The summed E-state index contributed by atoms with van der Waals surface area (Å²) >= 11 is 1.56. The Morgan fingerprint density at radius 2 is 1.76 bits per heavy atom. The standard InChI is InChI=1S/C17H21N5O2S/c1-12-3-5-14(6-4-12)25-13(2)16(23)21-7-9-22(10-8-21)17(24)15-18-11-19-20-15/h3-6,11,13H,7-10H2,1-2H3,(H,18,19,20). The molecule has 0 spiro atoms. The zero-order chi connectivity index (χ0) is 17.8. The minimum absolute atomic E-state index is 0.109. The number of thioether (sulfide) groups is 1. The first-order valence-electron chi connectivity index (χ1n) is 8.21. The van der Waals surface area contributed by atoms with Crippen LogP contribution in [0.4, 0.5) is 0 Å². The zero-order valence-corrected chi connectivity index (χ0v) is 15.1. The highest BCUT2D eigenvalue weighted by Gasteiger charge is 2.28. The minimum Gasteiger partial charge on any atom is -0.338 e. The van der Waals surface area contributed by atoms with Gasteiger partial charge in [-0.15, -0.1) is 11.8 Å². The highest BCUT2D eigenvalue weighted by Crippen LogP contribution is 2.25. The lowest BCUT2D eigenvalue weighted by Crippen LogP contribution is -2.52. The molecule has 1 aromatic heterocycles. The van der Waals surface area contributed by atoms with E-state index in [-0.39, 0.29) is 22.9 Å². The molecule has 0 radical (unpaired) electrons. The van der Waals surface area contributed by atoms with E-state index in [9.17, 15) is 9.59 Å². The normalized spacial score (nSPS) is 15.9. The number of aromatic nitrogens is 3. The van der Waals surface area contributed by atoms with Crippen molar-refractivity contribution >= 4 is 23.6 Å². The molecular formula is C17H21N5O2S. The van der Waals surface area contributed by atoms with E-state index in [1.165, 1.54) is 11.9 Å². The first-order chi connectivity index (χ1) is 12.0. The Morgan fingerprint density at radius 1 is 1.12 bits per heavy atom. The molecule has 132 valence electrons. The maximum atomic E-state index is 12.6. The lowest BCUT2D eigenvalue weighted by atomic mass is 10.2. The van der Waals surface area contributed by atoms with E-state index in [1.807, 2.05) is 43.0 Å². The number of piperazine rings is 1. The van der Waals surface area contributed by atoms with Crippen LogP contribution in [0.15, 0.2) is 35.5 Å². The van der Waals surface area contributed by atoms with Gasteiger partial charge in [0.1, 0.15) is 6.33 Å². The summed E-state index contributed by atoms with van der Waals surface area (Å²) in [6, 6.07) is 8.18. The SMILES string of the molecule is Cc1ccc(SC(C)C(=O)N2CCN(C(=O)c3ncn[nH]3)CC2)cc1. The lowest BCUT2D eigenvalue weighted by Gasteiger charge is -2.35. The average Bonchev–Trinajstić information content (AvgIpc) is 3.17. The molecule has 1 fully saturated rings. The van der Waals surface area contributed by atoms with Crippen molar-refractivity contribution in [2.24, 2.45) is 0 Å². The molecule has 0 aliphatic carbocycles. The third-order valence-electron chi connectivity index (χ3n) is 4.18. The van der Waals surface area contributed by atoms with Crippen LogP contribution in [-0.4, -0.2) is 68.2 Å². The fraction of sp³-hybridized carbons (Fsp3) is 0.412. The van der Waals surface area contributed by atoms with Crippen LogP contribution < -0.4 is 0 Å². The summed E-state index contributed by atoms with van der Waals surface area (Å²) in [6.07, 6.45) is 1.32. The molecule has 8 heteroatoms. The molecule has 0 saturated carbocycles. The molecule has 1 saturated heterocycles. The fourth-order valence-corrected chi connectivity index (χ4v) is 3.67. The topological polar surface area (TPSA) is 82.2 Å². The van der Waals surface area contributed by atoms with Crippen LogP contribution in [0, 0.1) is 6.92 Å². The summed E-state index contributed by atoms with van der Waals surface area (Å²) in [5.41, 5.74) is 1.20. The molecule has 1 unspecified atom stereocenters. The van der Waals surface area contributed by atoms with Crippen molar-refractivity contribution in [3.8, 4) is 0 Å². The molecular weight excluding hydrogens is 338 g/mol. The highest BCUT2D eigenvalue weighted by molar-refractivity contribution is 8.00. The molecule has 1 aliphatic heterocycles. The Bertz CT molecular complexity index is 724. The van der Waals surface area contributed by atoms with Crippen molar-refractivity contribution in [3.05, 3.63) is 42.0 Å². The zero-order valence-electron chi connectivity index (χ0n) is 14.3. The van der Waals surface area contributed by atoms with Gasteiger partial charge < -0.3 is 9.80 Å². The summed E-state index contributed by atoms with van der Waals surface area (Å²) in [6.45, 7) is 6.07. The maximum absolute atomic E-state index is 12.6. The number of benzene rings is 1. The number of hydrogen-bond acceptors (Lipinski definition) is 5. The number of nitrogens with one attached hydrogen (secondary N) is 1. The lowest BCUT2D eigenvalue weighted by molar-refractivity contribution is -0.131. The quantitative estimate of drug-likeness (QED) is 0.838. The number of H-pyrrole nitrogens is 1. The second-order valence-corrected chi connectivity index (χ2v) is 7.44. The number of hydrogen-bond donors (Lipinski definition) is 1. The molecule has 0 bridgehead atoms. The van der Waals surface area contributed by atoms with Crippen LogP contribution in [0.5, 0.6) is 0 Å². The second kappa shape index (κ2) is 7.69. The molecule has 25 heavy (non-hydrogen) atoms. The summed E-state index contributed by atoms with van der Waals surface area (Å²) in [7, 11) is 0. The van der Waals surface area contributed by atoms with Gasteiger partial charge in [0.15, 0.2) is 0 Å². The fourth-order valence-electron chi connectivity index (χ4n) is 2.72. The van der Waals surface area contributed by atoms with Gasteiger partial charge in [-0.25, -0.2) is 4.98 Å². The van der Waals surface area contributed by atoms with Gasteiger partial charge in [-0.3, -0.25) is 14.7 Å². The van der Waals surface area contributed by atoms with Crippen LogP contribution in [0.3, 0.4) is 0 Å². The highest BCUT2D eigenvalue weighted by atomic mass is 32.2. The molecule has 1 atom stereocenters. The molecule has 2 aromatic rings. The molecule has 1 aliphatic rings. The monoisotopic (exact) mass is 359 g/mol. The van der Waals surface area contributed by atoms with E-state index in [4.69, 9.17) is 0 Å². The third-order valence-corrected chi connectivity index (χ3v) is 5.28. The first-order valence-corrected chi connectivity index (χ1v) is 9.09. The van der Waals surface area contributed by atoms with E-state index in [2.05, 4.69) is 15.2 Å². The average molecular weight is 359 g/mol. The van der Waals surface area contributed by atoms with Crippen LogP contribution in [0.1, 0.15) is 23.1 Å². The van der Waals surface area contributed by atoms with Crippen molar-refractivity contribution in [1.82, 2.24) is 25.0 Å². The van der Waals surface area contributed by atoms with Gasteiger partial charge in [-0.1, -0.05) is 17.7 Å². The predicted octanol–water partition coefficient (Wildman–Crippen LogP) is 1.58. The van der Waals surface area contributed by atoms with Crippen LogP contribution in [0.25, 0.3) is 0 Å². The summed E-state index contributed by atoms with van der Waals surface area (Å²) in [5, 5.41) is 6.13. The van der Waals surface area contributed by atoms with Crippen LogP contribution in [0.2, 0.25) is 0 Å². The number of rotatable bonds is 4. The van der Waals surface area contributed by atoms with Crippen molar-refractivity contribution in [1.29, 1.82) is 0 Å². The molecule has 7 nitrogen and oxygen atoms in total. The number of aromatic amines is 1. The Hall–Kier alpha value is -2.35. The van der Waals surface area contributed by atoms with Gasteiger partial charge in [-0.2, -0.15) is 5.10 Å². The largest absolute Gasteiger partial charge is 0.338 e. The number of carbonyl (C=O) groups is 2. The summed E-state index contributed by atoms with van der Waals surface area (Å²) < 4.78 is 0. The van der Waals surface area contributed by atoms with E-state index >= 15 is 0 Å². The molecule has 2 amide bonds. The van der Waals surface area contributed by atoms with Gasteiger partial charge in [0, 0.05) is 31.1 Å². The maximum Gasteiger partial charge on any atom is 0.291 e. The van der Waals surface area contributed by atoms with Gasteiger partial charge in [0.2, 0.25) is 11.7 Å². The summed E-state index contributed by atoms with van der Waals surface area (Å²) in [4.78, 5) is 33.4. The second-order valence-electron chi connectivity index (χ2n) is 6.02. The number of amides is 2. The predicted molar refractivity (Wildman–Crippen MR) is 95.4 cm³/mol. The van der Waals surface area contributed by atoms with Gasteiger partial charge in [-0.05, 0) is 26.0 Å². The van der Waals surface area contributed by atoms with Crippen molar-refractivity contribution < 1.29 is 9.59 Å². The molecule has 2 heterocycles. The number of aryl methyl sites for hydroxylation is 1. The minimum atomic E-state index is -0.174. The van der Waals surface area contributed by atoms with Gasteiger partial charge >= 0.3 is 0 Å². The Morgan fingerprint density at radius 3 is 2.36 bits per heavy atom. The number of carbonyl (C=O) groups excluding carboxylic acids is 2. The Kier molecular flexibility index (Phi) is 5.37. The Balaban J connectivity index is 1.52. The number of nitrogens with zero attached hydrogens (tertiary/aromatic N) is 4. The smallest absolute Gasteiger partial charge is 0.291 e. The van der Waals surface area contributed by atoms with E-state index in [0.717, 1.165) is 4.90 Å². The van der Waals surface area contributed by atoms with Gasteiger partial charge in [0.05, 0.1) is 5.25 Å². The molecule has 1 N–H and O–H groups in total. The molecule has 3 rings (SSSR count). The third kappa shape index (κ3) is 4.19. The van der Waals surface area contributed by atoms with Crippen molar-refractivity contribution in [3.63, 3.8) is 0 Å². The Labute approximate surface area is 150 Å². The van der Waals surface area contributed by atoms with E-state index in [1.54, 1.807) is 16.7 Å². The molecule has 1 aromatic carbocycles.